The van der Waals surface area contributed by atoms with Crippen LogP contribution >= 0.6 is 0 Å². The van der Waals surface area contributed by atoms with E-state index in [1.54, 1.807) is 0 Å². The molecular weight excluding hydrogens is 220 g/mol. The van der Waals surface area contributed by atoms with Gasteiger partial charge in [0.1, 0.15) is 11.6 Å². The van der Waals surface area contributed by atoms with Crippen molar-refractivity contribution in [1.82, 2.24) is 4.98 Å². The van der Waals surface area contributed by atoms with E-state index in [4.69, 9.17) is 4.42 Å². The number of fused-ring (bicyclic) bond motifs is 1. The van der Waals surface area contributed by atoms with Gasteiger partial charge in [-0.15, -0.1) is 0 Å². The number of aliphatic carboxylic acids is 1. The van der Waals surface area contributed by atoms with Crippen LogP contribution in [0.4, 0.5) is 5.69 Å². The van der Waals surface area contributed by atoms with E-state index in [1.807, 2.05) is 23.1 Å². The number of carbonyl (C=O) groups is 1. The summed E-state index contributed by atoms with van der Waals surface area (Å²) in [5, 5.41) is 9.18. The lowest BCUT2D eigenvalue weighted by atomic mass is 10.2. The minimum absolute atomic E-state index is 0.453. The van der Waals surface area contributed by atoms with E-state index in [0.29, 0.717) is 12.0 Å². The van der Waals surface area contributed by atoms with Gasteiger partial charge >= 0.3 is 5.97 Å². The van der Waals surface area contributed by atoms with E-state index < -0.39 is 12.0 Å². The summed E-state index contributed by atoms with van der Waals surface area (Å²) >= 11 is 0. The summed E-state index contributed by atoms with van der Waals surface area (Å²) < 4.78 is 5.34. The molecule has 2 heterocycles. The van der Waals surface area contributed by atoms with Crippen LogP contribution in [0.25, 0.3) is 11.1 Å². The monoisotopic (exact) mass is 232 g/mol. The summed E-state index contributed by atoms with van der Waals surface area (Å²) in [5.74, 6) is -0.779. The quantitative estimate of drug-likeness (QED) is 0.856. The summed E-state index contributed by atoms with van der Waals surface area (Å²) in [6.45, 7) is 0.747. The zero-order valence-electron chi connectivity index (χ0n) is 9.17. The first-order valence-corrected chi connectivity index (χ1v) is 5.59. The molecule has 0 bridgehead atoms. The normalized spacial score (nSPS) is 20.0. The maximum atomic E-state index is 11.2. The number of benzene rings is 1. The van der Waals surface area contributed by atoms with Gasteiger partial charge in [0.2, 0.25) is 0 Å². The lowest BCUT2D eigenvalue weighted by Gasteiger charge is -2.23. The van der Waals surface area contributed by atoms with Crippen LogP contribution < -0.4 is 4.90 Å². The molecular formula is C12H12N2O3. The average Bonchev–Trinajstić information content (AvgIpc) is 2.97. The Kier molecular flexibility index (Phi) is 2.24. The number of nitrogens with zero attached hydrogens (tertiary/aromatic N) is 2. The number of anilines is 1. The standard InChI is InChI=1S/C12H12N2O3/c15-12(16)10-5-2-6-14(10)9-4-1-3-8-11(9)17-7-13-8/h1,3-4,7,10H,2,5-6H2,(H,15,16). The number of carboxylic acid groups (broad SMARTS) is 1. The van der Waals surface area contributed by atoms with Crippen molar-refractivity contribution in [2.24, 2.45) is 0 Å². The zero-order valence-corrected chi connectivity index (χ0v) is 9.17. The van der Waals surface area contributed by atoms with Crippen LogP contribution in [0.2, 0.25) is 0 Å². The van der Waals surface area contributed by atoms with Gasteiger partial charge in [-0.3, -0.25) is 0 Å². The Morgan fingerprint density at radius 1 is 1.53 bits per heavy atom. The SMILES string of the molecule is O=C(O)C1CCCN1c1cccc2ncoc12. The summed E-state index contributed by atoms with van der Waals surface area (Å²) in [6.07, 6.45) is 2.96. The predicted octanol–water partition coefficient (Wildman–Crippen LogP) is 1.88. The Balaban J connectivity index is 2.08. The second-order valence-electron chi connectivity index (χ2n) is 4.17. The number of rotatable bonds is 2. The van der Waals surface area contributed by atoms with Crippen molar-refractivity contribution in [3.8, 4) is 0 Å². The average molecular weight is 232 g/mol. The van der Waals surface area contributed by atoms with Gasteiger partial charge in [0.25, 0.3) is 0 Å². The molecule has 17 heavy (non-hydrogen) atoms. The highest BCUT2D eigenvalue weighted by Crippen LogP contribution is 2.31. The number of carboxylic acids is 1. The first-order valence-electron chi connectivity index (χ1n) is 5.59. The molecule has 1 aliphatic heterocycles. The van der Waals surface area contributed by atoms with Crippen molar-refractivity contribution < 1.29 is 14.3 Å². The van der Waals surface area contributed by atoms with Crippen LogP contribution in [0.15, 0.2) is 29.0 Å². The third-order valence-corrected chi connectivity index (χ3v) is 3.18. The highest BCUT2D eigenvalue weighted by Gasteiger charge is 2.32. The summed E-state index contributed by atoms with van der Waals surface area (Å²) in [7, 11) is 0. The summed E-state index contributed by atoms with van der Waals surface area (Å²) in [5.41, 5.74) is 2.25. The summed E-state index contributed by atoms with van der Waals surface area (Å²) in [6, 6.07) is 5.16. The van der Waals surface area contributed by atoms with Crippen LogP contribution in [-0.4, -0.2) is 28.6 Å². The van der Waals surface area contributed by atoms with Gasteiger partial charge in [-0.1, -0.05) is 6.07 Å². The Hall–Kier alpha value is -2.04. The fourth-order valence-electron chi connectivity index (χ4n) is 2.41. The van der Waals surface area contributed by atoms with E-state index in [1.165, 1.54) is 6.39 Å². The van der Waals surface area contributed by atoms with Crippen molar-refractivity contribution in [3.63, 3.8) is 0 Å². The van der Waals surface area contributed by atoms with Crippen molar-refractivity contribution in [1.29, 1.82) is 0 Å². The van der Waals surface area contributed by atoms with Gasteiger partial charge in [-0.2, -0.15) is 0 Å². The molecule has 1 saturated heterocycles. The molecule has 1 N–H and O–H groups in total. The molecule has 1 aromatic heterocycles. The smallest absolute Gasteiger partial charge is 0.326 e. The van der Waals surface area contributed by atoms with Crippen LogP contribution in [-0.2, 0) is 4.79 Å². The maximum Gasteiger partial charge on any atom is 0.326 e. The van der Waals surface area contributed by atoms with E-state index in [0.717, 1.165) is 24.2 Å². The molecule has 1 fully saturated rings. The first-order chi connectivity index (χ1) is 8.27. The molecule has 1 atom stereocenters. The van der Waals surface area contributed by atoms with E-state index in [9.17, 15) is 9.90 Å². The largest absolute Gasteiger partial charge is 0.480 e. The third-order valence-electron chi connectivity index (χ3n) is 3.18. The first kappa shape index (κ1) is 10.1. The number of para-hydroxylation sites is 1. The number of hydrogen-bond donors (Lipinski definition) is 1. The van der Waals surface area contributed by atoms with Crippen LogP contribution in [0.5, 0.6) is 0 Å². The third kappa shape index (κ3) is 1.54. The number of hydrogen-bond acceptors (Lipinski definition) is 4. The second-order valence-corrected chi connectivity index (χ2v) is 4.17. The Morgan fingerprint density at radius 3 is 3.24 bits per heavy atom. The molecule has 0 aliphatic carbocycles. The molecule has 5 nitrogen and oxygen atoms in total. The van der Waals surface area contributed by atoms with E-state index >= 15 is 0 Å². The van der Waals surface area contributed by atoms with Crippen molar-refractivity contribution in [2.45, 2.75) is 18.9 Å². The predicted molar refractivity (Wildman–Crippen MR) is 62.0 cm³/mol. The fraction of sp³-hybridized carbons (Fsp3) is 0.333. The molecule has 0 saturated carbocycles. The lowest BCUT2D eigenvalue weighted by Crippen LogP contribution is -2.35. The summed E-state index contributed by atoms with van der Waals surface area (Å²) in [4.78, 5) is 17.1. The minimum atomic E-state index is -0.779. The molecule has 3 rings (SSSR count). The molecule has 2 aromatic rings. The van der Waals surface area contributed by atoms with Gasteiger partial charge in [0, 0.05) is 6.54 Å². The highest BCUT2D eigenvalue weighted by atomic mass is 16.4. The Morgan fingerprint density at radius 2 is 2.41 bits per heavy atom. The lowest BCUT2D eigenvalue weighted by molar-refractivity contribution is -0.138. The van der Waals surface area contributed by atoms with Crippen molar-refractivity contribution in [2.75, 3.05) is 11.4 Å². The van der Waals surface area contributed by atoms with Crippen molar-refractivity contribution >= 4 is 22.8 Å². The molecule has 5 heteroatoms. The van der Waals surface area contributed by atoms with Crippen LogP contribution in [0, 0.1) is 0 Å². The molecule has 1 aromatic carbocycles. The minimum Gasteiger partial charge on any atom is -0.480 e. The van der Waals surface area contributed by atoms with Crippen molar-refractivity contribution in [3.05, 3.63) is 24.6 Å². The topological polar surface area (TPSA) is 66.6 Å². The molecule has 1 unspecified atom stereocenters. The number of oxazole rings is 1. The Labute approximate surface area is 97.7 Å². The van der Waals surface area contributed by atoms with Gasteiger partial charge in [-0.05, 0) is 25.0 Å². The maximum absolute atomic E-state index is 11.2. The van der Waals surface area contributed by atoms with E-state index in [-0.39, 0.29) is 0 Å². The zero-order chi connectivity index (χ0) is 11.8. The molecule has 0 radical (unpaired) electrons. The second kappa shape index (κ2) is 3.76. The van der Waals surface area contributed by atoms with Gasteiger partial charge in [0.15, 0.2) is 12.0 Å². The van der Waals surface area contributed by atoms with E-state index in [2.05, 4.69) is 4.98 Å². The van der Waals surface area contributed by atoms with Gasteiger partial charge in [0.05, 0.1) is 5.69 Å². The van der Waals surface area contributed by atoms with Gasteiger partial charge < -0.3 is 14.4 Å². The van der Waals surface area contributed by atoms with Gasteiger partial charge in [-0.25, -0.2) is 9.78 Å². The molecule has 88 valence electrons. The molecule has 0 spiro atoms. The molecule has 0 amide bonds. The van der Waals surface area contributed by atoms with Crippen LogP contribution in [0.1, 0.15) is 12.8 Å². The Bertz CT molecular complexity index is 564. The number of aromatic nitrogens is 1. The molecule has 1 aliphatic rings. The van der Waals surface area contributed by atoms with Crippen LogP contribution in [0.3, 0.4) is 0 Å². The highest BCUT2D eigenvalue weighted by molar-refractivity contribution is 5.89. The fourth-order valence-corrected chi connectivity index (χ4v) is 2.41.